The Hall–Kier alpha value is -2.49. The Labute approximate surface area is 104 Å². The number of amides is 1. The maximum atomic E-state index is 11.9. The van der Waals surface area contributed by atoms with Crippen molar-refractivity contribution in [2.45, 2.75) is 0 Å². The molecular formula is C14H12N2O2. The van der Waals surface area contributed by atoms with Crippen molar-refractivity contribution in [3.63, 3.8) is 0 Å². The van der Waals surface area contributed by atoms with Crippen LogP contribution in [-0.4, -0.2) is 13.0 Å². The van der Waals surface area contributed by atoms with Gasteiger partial charge in [-0.3, -0.25) is 4.79 Å². The quantitative estimate of drug-likeness (QED) is 0.793. The molecule has 0 fully saturated rings. The van der Waals surface area contributed by atoms with Gasteiger partial charge in [-0.05, 0) is 36.4 Å². The van der Waals surface area contributed by atoms with Crippen molar-refractivity contribution in [1.29, 1.82) is 0 Å². The minimum atomic E-state index is -0.102. The molecule has 0 aliphatic carbocycles. The van der Waals surface area contributed by atoms with Crippen molar-refractivity contribution in [3.05, 3.63) is 47.9 Å². The largest absolute Gasteiger partial charge is 0.465 e. The molecule has 18 heavy (non-hydrogen) atoms. The van der Waals surface area contributed by atoms with Gasteiger partial charge < -0.3 is 15.1 Å². The van der Waals surface area contributed by atoms with Crippen LogP contribution >= 0.6 is 0 Å². The smallest absolute Gasteiger partial charge is 0.256 e. The number of fused-ring (bicyclic) bond motifs is 1. The van der Waals surface area contributed by atoms with E-state index in [1.807, 2.05) is 31.3 Å². The Morgan fingerprint density at radius 2 is 2.22 bits per heavy atom. The van der Waals surface area contributed by atoms with E-state index in [2.05, 4.69) is 10.6 Å². The number of hydrogen-bond acceptors (Lipinski definition) is 3. The van der Waals surface area contributed by atoms with Gasteiger partial charge in [0.15, 0.2) is 0 Å². The summed E-state index contributed by atoms with van der Waals surface area (Å²) in [6.45, 7) is 0. The molecule has 0 atom stereocenters. The van der Waals surface area contributed by atoms with Gasteiger partial charge >= 0.3 is 0 Å². The summed E-state index contributed by atoms with van der Waals surface area (Å²) in [7, 11) is 1.85. The fourth-order valence-corrected chi connectivity index (χ4v) is 2.00. The van der Waals surface area contributed by atoms with Crippen LogP contribution in [0, 0.1) is 0 Å². The number of nitrogens with one attached hydrogen (secondary N) is 2. The summed E-state index contributed by atoms with van der Waals surface area (Å²) in [5.74, 6) is 0.567. The van der Waals surface area contributed by atoms with E-state index in [9.17, 15) is 4.79 Å². The van der Waals surface area contributed by atoms with E-state index in [1.165, 1.54) is 0 Å². The van der Waals surface area contributed by atoms with Gasteiger partial charge in [0.2, 0.25) is 0 Å². The Morgan fingerprint density at radius 1 is 1.33 bits per heavy atom. The Bertz CT molecular complexity index is 627. The first kappa shape index (κ1) is 10.7. The third-order valence-electron chi connectivity index (χ3n) is 2.92. The zero-order valence-electron chi connectivity index (χ0n) is 9.86. The first-order valence-electron chi connectivity index (χ1n) is 5.66. The molecule has 0 saturated carbocycles. The molecule has 1 aromatic carbocycles. The highest BCUT2D eigenvalue weighted by Crippen LogP contribution is 2.34. The molecule has 2 heterocycles. The zero-order chi connectivity index (χ0) is 12.5. The van der Waals surface area contributed by atoms with Gasteiger partial charge in [-0.25, -0.2) is 0 Å². The van der Waals surface area contributed by atoms with Gasteiger partial charge in [0.1, 0.15) is 5.76 Å². The Morgan fingerprint density at radius 3 is 2.94 bits per heavy atom. The minimum Gasteiger partial charge on any atom is -0.465 e. The Balaban J connectivity index is 2.10. The third kappa shape index (κ3) is 1.68. The van der Waals surface area contributed by atoms with E-state index in [0.717, 1.165) is 16.9 Å². The standard InChI is InChI=1S/C14H12N2O2/c1-15-9-4-5-13-11(7-9)12(14(17)16-13)8-10-3-2-6-18-10/h2-8,15H,1H3,(H,16,17)/b12-8-. The van der Waals surface area contributed by atoms with E-state index in [1.54, 1.807) is 18.4 Å². The first-order chi connectivity index (χ1) is 8.78. The lowest BCUT2D eigenvalue weighted by molar-refractivity contribution is -0.110. The van der Waals surface area contributed by atoms with Crippen LogP contribution in [0.1, 0.15) is 11.3 Å². The number of hydrogen-bond donors (Lipinski definition) is 2. The minimum absolute atomic E-state index is 0.102. The molecule has 1 aliphatic heterocycles. The first-order valence-corrected chi connectivity index (χ1v) is 5.66. The average Bonchev–Trinajstić information content (AvgIpc) is 2.99. The fourth-order valence-electron chi connectivity index (χ4n) is 2.00. The van der Waals surface area contributed by atoms with Gasteiger partial charge in [-0.15, -0.1) is 0 Å². The molecule has 0 bridgehead atoms. The summed E-state index contributed by atoms with van der Waals surface area (Å²) in [5, 5.41) is 5.90. The number of rotatable bonds is 2. The monoisotopic (exact) mass is 240 g/mol. The normalized spacial score (nSPS) is 15.6. The lowest BCUT2D eigenvalue weighted by atomic mass is 10.1. The number of anilines is 2. The predicted octanol–water partition coefficient (Wildman–Crippen LogP) is 2.81. The molecule has 4 nitrogen and oxygen atoms in total. The van der Waals surface area contributed by atoms with Gasteiger partial charge in [-0.2, -0.15) is 0 Å². The fraction of sp³-hybridized carbons (Fsp3) is 0.0714. The highest BCUT2D eigenvalue weighted by Gasteiger charge is 2.24. The molecule has 1 aromatic heterocycles. The van der Waals surface area contributed by atoms with Crippen LogP contribution in [0.5, 0.6) is 0 Å². The molecule has 1 amide bonds. The predicted molar refractivity (Wildman–Crippen MR) is 71.2 cm³/mol. The molecule has 1 aliphatic rings. The lowest BCUT2D eigenvalue weighted by Crippen LogP contribution is -2.03. The molecule has 4 heteroatoms. The molecular weight excluding hydrogens is 228 g/mol. The summed E-state index contributed by atoms with van der Waals surface area (Å²) in [4.78, 5) is 11.9. The van der Waals surface area contributed by atoms with E-state index >= 15 is 0 Å². The van der Waals surface area contributed by atoms with Crippen molar-refractivity contribution in [2.24, 2.45) is 0 Å². The van der Waals surface area contributed by atoms with Crippen LogP contribution in [-0.2, 0) is 4.79 Å². The van der Waals surface area contributed by atoms with Gasteiger partial charge in [0, 0.05) is 24.0 Å². The molecule has 0 spiro atoms. The Kier molecular flexibility index (Phi) is 2.41. The van der Waals surface area contributed by atoms with Crippen molar-refractivity contribution in [1.82, 2.24) is 0 Å². The summed E-state index contributed by atoms with van der Waals surface area (Å²) in [5.41, 5.74) is 3.31. The van der Waals surface area contributed by atoms with E-state index in [-0.39, 0.29) is 5.91 Å². The van der Waals surface area contributed by atoms with Crippen molar-refractivity contribution < 1.29 is 9.21 Å². The highest BCUT2D eigenvalue weighted by atomic mass is 16.3. The second-order valence-electron chi connectivity index (χ2n) is 4.04. The maximum Gasteiger partial charge on any atom is 0.256 e. The van der Waals surface area contributed by atoms with Crippen LogP contribution in [0.2, 0.25) is 0 Å². The maximum absolute atomic E-state index is 11.9. The second kappa shape index (κ2) is 4.07. The van der Waals surface area contributed by atoms with Crippen LogP contribution < -0.4 is 10.6 Å². The van der Waals surface area contributed by atoms with Crippen LogP contribution in [0.4, 0.5) is 11.4 Å². The van der Waals surface area contributed by atoms with Gasteiger partial charge in [0.25, 0.3) is 5.91 Å². The molecule has 90 valence electrons. The van der Waals surface area contributed by atoms with Crippen LogP contribution in [0.3, 0.4) is 0 Å². The summed E-state index contributed by atoms with van der Waals surface area (Å²) in [6.07, 6.45) is 3.34. The average molecular weight is 240 g/mol. The number of benzene rings is 1. The molecule has 3 rings (SSSR count). The van der Waals surface area contributed by atoms with Gasteiger partial charge in [0.05, 0.1) is 11.8 Å². The highest BCUT2D eigenvalue weighted by molar-refractivity contribution is 6.34. The van der Waals surface area contributed by atoms with Gasteiger partial charge in [-0.1, -0.05) is 0 Å². The molecule has 2 aromatic rings. The SMILES string of the molecule is CNc1ccc2c(c1)/C(=C/c1ccco1)C(=O)N2. The third-order valence-corrected chi connectivity index (χ3v) is 2.92. The summed E-state index contributed by atoms with van der Waals surface area (Å²) >= 11 is 0. The molecule has 0 radical (unpaired) electrons. The molecule has 0 unspecified atom stereocenters. The van der Waals surface area contributed by atoms with Crippen molar-refractivity contribution in [3.8, 4) is 0 Å². The zero-order valence-corrected chi connectivity index (χ0v) is 9.86. The second-order valence-corrected chi connectivity index (χ2v) is 4.04. The van der Waals surface area contributed by atoms with E-state index in [0.29, 0.717) is 11.3 Å². The number of carbonyl (C=O) groups excluding carboxylic acids is 1. The summed E-state index contributed by atoms with van der Waals surface area (Å²) in [6, 6.07) is 9.38. The van der Waals surface area contributed by atoms with Crippen LogP contribution in [0.25, 0.3) is 11.6 Å². The van der Waals surface area contributed by atoms with Crippen LogP contribution in [0.15, 0.2) is 41.0 Å². The van der Waals surface area contributed by atoms with E-state index < -0.39 is 0 Å². The summed E-state index contributed by atoms with van der Waals surface area (Å²) < 4.78 is 5.24. The van der Waals surface area contributed by atoms with Crippen molar-refractivity contribution in [2.75, 3.05) is 17.7 Å². The lowest BCUT2D eigenvalue weighted by Gasteiger charge is -2.03. The number of carbonyl (C=O) groups is 1. The number of furan rings is 1. The van der Waals surface area contributed by atoms with E-state index in [4.69, 9.17) is 4.42 Å². The topological polar surface area (TPSA) is 54.3 Å². The molecule has 2 N–H and O–H groups in total. The van der Waals surface area contributed by atoms with Crippen molar-refractivity contribution >= 4 is 28.9 Å². The molecule has 0 saturated heterocycles.